The van der Waals surface area contributed by atoms with Crippen molar-refractivity contribution in [2.75, 3.05) is 19.6 Å². The molecule has 0 unspecified atom stereocenters. The molecule has 2 aromatic rings. The summed E-state index contributed by atoms with van der Waals surface area (Å²) >= 11 is 0. The lowest BCUT2D eigenvalue weighted by molar-refractivity contribution is -0.136. The molecule has 3 amide bonds. The van der Waals surface area contributed by atoms with Crippen molar-refractivity contribution in [1.29, 1.82) is 0 Å². The van der Waals surface area contributed by atoms with Crippen molar-refractivity contribution in [1.82, 2.24) is 19.7 Å². The number of pyridine rings is 1. The van der Waals surface area contributed by atoms with Gasteiger partial charge in [0.05, 0.1) is 24.8 Å². The van der Waals surface area contributed by atoms with Crippen LogP contribution >= 0.6 is 0 Å². The number of urea groups is 1. The van der Waals surface area contributed by atoms with Gasteiger partial charge in [0.15, 0.2) is 0 Å². The van der Waals surface area contributed by atoms with Gasteiger partial charge in [0.1, 0.15) is 5.54 Å². The molecule has 2 aromatic heterocycles. The molecule has 142 valence electrons. The van der Waals surface area contributed by atoms with E-state index in [9.17, 15) is 9.59 Å². The van der Waals surface area contributed by atoms with E-state index in [4.69, 9.17) is 4.42 Å². The van der Waals surface area contributed by atoms with E-state index < -0.39 is 5.54 Å². The first-order valence-corrected chi connectivity index (χ1v) is 9.41. The van der Waals surface area contributed by atoms with Gasteiger partial charge in [-0.15, -0.1) is 0 Å². The first-order chi connectivity index (χ1) is 13.1. The molecule has 2 saturated heterocycles. The molecule has 7 nitrogen and oxygen atoms in total. The highest BCUT2D eigenvalue weighted by Crippen LogP contribution is 2.38. The molecule has 2 aliphatic heterocycles. The number of carbonyl (C=O) groups is 2. The van der Waals surface area contributed by atoms with Gasteiger partial charge < -0.3 is 9.32 Å². The molecule has 0 saturated carbocycles. The van der Waals surface area contributed by atoms with Crippen molar-refractivity contribution in [3.63, 3.8) is 0 Å². The Balaban J connectivity index is 1.50. The Morgan fingerprint density at radius 3 is 2.59 bits per heavy atom. The molecule has 0 bridgehead atoms. The van der Waals surface area contributed by atoms with Gasteiger partial charge in [0.2, 0.25) is 0 Å². The Morgan fingerprint density at radius 1 is 1.15 bits per heavy atom. The number of carbonyl (C=O) groups excluding carboxylic acids is 2. The summed E-state index contributed by atoms with van der Waals surface area (Å²) in [4.78, 5) is 35.9. The van der Waals surface area contributed by atoms with Crippen molar-refractivity contribution < 1.29 is 14.0 Å². The molecule has 0 aliphatic carbocycles. The predicted molar refractivity (Wildman–Crippen MR) is 98.5 cm³/mol. The number of aromatic nitrogens is 1. The molecular weight excluding hydrogens is 344 g/mol. The minimum Gasteiger partial charge on any atom is -0.472 e. The van der Waals surface area contributed by atoms with Crippen LogP contribution in [0.5, 0.6) is 0 Å². The summed E-state index contributed by atoms with van der Waals surface area (Å²) in [5.74, 6) is -0.0806. The quantitative estimate of drug-likeness (QED) is 0.759. The van der Waals surface area contributed by atoms with Gasteiger partial charge >= 0.3 is 6.03 Å². The third kappa shape index (κ3) is 3.12. The molecule has 2 fully saturated rings. The number of likely N-dealkylation sites (N-methyl/N-ethyl adjacent to an activating group) is 1. The van der Waals surface area contributed by atoms with Crippen LogP contribution in [0.2, 0.25) is 0 Å². The molecule has 4 rings (SSSR count). The summed E-state index contributed by atoms with van der Waals surface area (Å²) in [5, 5.41) is 0. The lowest BCUT2D eigenvalue weighted by Crippen LogP contribution is -2.56. The number of rotatable bonds is 5. The molecule has 2 aliphatic rings. The first kappa shape index (κ1) is 17.7. The van der Waals surface area contributed by atoms with Crippen LogP contribution in [-0.2, 0) is 17.9 Å². The Morgan fingerprint density at radius 2 is 1.96 bits per heavy atom. The Kier molecular flexibility index (Phi) is 4.70. The highest BCUT2D eigenvalue weighted by molar-refractivity contribution is 6.07. The van der Waals surface area contributed by atoms with Gasteiger partial charge in [-0.1, -0.05) is 6.07 Å². The number of hydrogen-bond donors (Lipinski definition) is 0. The van der Waals surface area contributed by atoms with E-state index in [1.807, 2.05) is 31.2 Å². The van der Waals surface area contributed by atoms with E-state index in [2.05, 4.69) is 9.88 Å². The Labute approximate surface area is 158 Å². The maximum absolute atomic E-state index is 13.3. The average Bonchev–Trinajstić information content (AvgIpc) is 3.26. The van der Waals surface area contributed by atoms with Crippen LogP contribution in [0, 0.1) is 0 Å². The van der Waals surface area contributed by atoms with Gasteiger partial charge in [-0.25, -0.2) is 4.79 Å². The van der Waals surface area contributed by atoms with Crippen molar-refractivity contribution in [3.05, 3.63) is 54.2 Å². The number of furan rings is 1. The lowest BCUT2D eigenvalue weighted by atomic mass is 9.85. The zero-order valence-corrected chi connectivity index (χ0v) is 15.5. The van der Waals surface area contributed by atoms with Crippen molar-refractivity contribution in [2.45, 2.75) is 38.4 Å². The fourth-order valence-electron chi connectivity index (χ4n) is 4.22. The zero-order valence-electron chi connectivity index (χ0n) is 15.5. The van der Waals surface area contributed by atoms with Crippen LogP contribution in [0.1, 0.15) is 31.0 Å². The standard InChI is InChI=1S/C20H24N4O3/c1-2-24-19(26)23(14-17-5-3-4-9-21-17)18(25)20(24)7-10-22(11-8-20)13-16-6-12-27-15-16/h3-6,9,12,15H,2,7-8,10-11,13-14H2,1H3. The second kappa shape index (κ2) is 7.15. The maximum atomic E-state index is 13.3. The van der Waals surface area contributed by atoms with Crippen LogP contribution in [0.4, 0.5) is 4.79 Å². The van der Waals surface area contributed by atoms with Crippen molar-refractivity contribution >= 4 is 11.9 Å². The number of piperidine rings is 1. The number of hydrogen-bond acceptors (Lipinski definition) is 5. The van der Waals surface area contributed by atoms with Crippen molar-refractivity contribution in [2.24, 2.45) is 0 Å². The average molecular weight is 368 g/mol. The van der Waals surface area contributed by atoms with Crippen molar-refractivity contribution in [3.8, 4) is 0 Å². The third-order valence-electron chi connectivity index (χ3n) is 5.65. The van der Waals surface area contributed by atoms with Crippen LogP contribution in [0.25, 0.3) is 0 Å². The number of nitrogens with zero attached hydrogens (tertiary/aromatic N) is 4. The molecule has 27 heavy (non-hydrogen) atoms. The van der Waals surface area contributed by atoms with E-state index in [0.717, 1.165) is 30.9 Å². The topological polar surface area (TPSA) is 69.9 Å². The second-order valence-corrected chi connectivity index (χ2v) is 7.18. The summed E-state index contributed by atoms with van der Waals surface area (Å²) in [7, 11) is 0. The maximum Gasteiger partial charge on any atom is 0.328 e. The minimum atomic E-state index is -0.715. The fraction of sp³-hybridized carbons (Fsp3) is 0.450. The van der Waals surface area contributed by atoms with Crippen LogP contribution in [0.3, 0.4) is 0 Å². The predicted octanol–water partition coefficient (Wildman–Crippen LogP) is 2.49. The van der Waals surface area contributed by atoms with E-state index >= 15 is 0 Å². The SMILES string of the molecule is CCN1C(=O)N(Cc2ccccn2)C(=O)C12CCN(Cc1ccoc1)CC2. The van der Waals surface area contributed by atoms with E-state index in [-0.39, 0.29) is 18.5 Å². The van der Waals surface area contributed by atoms with Crippen LogP contribution in [-0.4, -0.2) is 56.8 Å². The largest absolute Gasteiger partial charge is 0.472 e. The molecule has 0 N–H and O–H groups in total. The Bertz CT molecular complexity index is 798. The molecule has 0 atom stereocenters. The van der Waals surface area contributed by atoms with E-state index in [1.165, 1.54) is 4.90 Å². The highest BCUT2D eigenvalue weighted by atomic mass is 16.3. The van der Waals surface area contributed by atoms with Crippen LogP contribution < -0.4 is 0 Å². The van der Waals surface area contributed by atoms with E-state index in [0.29, 0.717) is 19.4 Å². The highest BCUT2D eigenvalue weighted by Gasteiger charge is 2.57. The van der Waals surface area contributed by atoms with Crippen LogP contribution in [0.15, 0.2) is 47.4 Å². The summed E-state index contributed by atoms with van der Waals surface area (Å²) in [5.41, 5.74) is 1.14. The summed E-state index contributed by atoms with van der Waals surface area (Å²) < 4.78 is 5.14. The third-order valence-corrected chi connectivity index (χ3v) is 5.65. The fourth-order valence-corrected chi connectivity index (χ4v) is 4.22. The summed E-state index contributed by atoms with van der Waals surface area (Å²) in [6.45, 7) is 5.06. The summed E-state index contributed by atoms with van der Waals surface area (Å²) in [6, 6.07) is 7.30. The number of likely N-dealkylation sites (tertiary alicyclic amines) is 1. The van der Waals surface area contributed by atoms with Gasteiger partial charge in [-0.05, 0) is 38.0 Å². The second-order valence-electron chi connectivity index (χ2n) is 7.18. The molecule has 0 aromatic carbocycles. The first-order valence-electron chi connectivity index (χ1n) is 9.41. The number of amides is 3. The lowest BCUT2D eigenvalue weighted by Gasteiger charge is -2.41. The Hall–Kier alpha value is -2.67. The molecule has 4 heterocycles. The van der Waals surface area contributed by atoms with Gasteiger partial charge in [-0.2, -0.15) is 0 Å². The normalized spacial score (nSPS) is 20.0. The summed E-state index contributed by atoms with van der Waals surface area (Å²) in [6.07, 6.45) is 6.42. The van der Waals surface area contributed by atoms with Gasteiger partial charge in [0, 0.05) is 37.9 Å². The molecular formula is C20H24N4O3. The van der Waals surface area contributed by atoms with Gasteiger partial charge in [-0.3, -0.25) is 19.6 Å². The molecule has 0 radical (unpaired) electrons. The van der Waals surface area contributed by atoms with E-state index in [1.54, 1.807) is 23.6 Å². The smallest absolute Gasteiger partial charge is 0.328 e. The monoisotopic (exact) mass is 368 g/mol. The minimum absolute atomic E-state index is 0.0806. The number of imide groups is 1. The zero-order chi connectivity index (χ0) is 18.9. The molecule has 7 heteroatoms. The molecule has 1 spiro atoms. The van der Waals surface area contributed by atoms with Gasteiger partial charge in [0.25, 0.3) is 5.91 Å².